The number of anilines is 1. The molecule has 1 fully saturated rings. The molecule has 2 aromatic rings. The summed E-state index contributed by atoms with van der Waals surface area (Å²) in [6.45, 7) is 3.64. The Morgan fingerprint density at radius 1 is 1.36 bits per heavy atom. The van der Waals surface area contributed by atoms with Crippen molar-refractivity contribution in [1.29, 1.82) is 0 Å². The Labute approximate surface area is 128 Å². The number of nitrogens with one attached hydrogen (secondary N) is 1. The van der Waals surface area contributed by atoms with Gasteiger partial charge in [-0.05, 0) is 30.5 Å². The number of rotatable bonds is 1. The zero-order valence-corrected chi connectivity index (χ0v) is 12.7. The monoisotopic (exact) mass is 301 g/mol. The van der Waals surface area contributed by atoms with Gasteiger partial charge in [-0.15, -0.1) is 0 Å². The molecule has 1 atom stereocenters. The first-order valence-electron chi connectivity index (χ1n) is 7.31. The van der Waals surface area contributed by atoms with Crippen molar-refractivity contribution in [2.45, 2.75) is 13.0 Å². The zero-order chi connectivity index (χ0) is 15.7. The molecule has 0 aliphatic carbocycles. The number of carbonyl (C=O) groups is 1. The van der Waals surface area contributed by atoms with Crippen LogP contribution in [0.25, 0.3) is 10.8 Å². The third kappa shape index (κ3) is 2.82. The molecular weight excluding hydrogens is 282 g/mol. The van der Waals surface area contributed by atoms with Gasteiger partial charge in [-0.1, -0.05) is 6.07 Å². The fourth-order valence-electron chi connectivity index (χ4n) is 2.62. The number of urea groups is 1. The van der Waals surface area contributed by atoms with Crippen LogP contribution in [0.2, 0.25) is 0 Å². The topological polar surface area (TPSA) is 63.6 Å². The quantitative estimate of drug-likeness (QED) is 0.873. The van der Waals surface area contributed by atoms with E-state index in [9.17, 15) is 9.59 Å². The summed E-state index contributed by atoms with van der Waals surface area (Å²) in [6.07, 6.45) is 1.78. The van der Waals surface area contributed by atoms with Gasteiger partial charge in [0.05, 0.1) is 12.7 Å². The normalized spacial score (nSPS) is 18.5. The van der Waals surface area contributed by atoms with Crippen LogP contribution < -0.4 is 10.9 Å². The van der Waals surface area contributed by atoms with Crippen LogP contribution in [0, 0.1) is 0 Å². The van der Waals surface area contributed by atoms with Crippen LogP contribution in [-0.2, 0) is 11.8 Å². The second-order valence-corrected chi connectivity index (χ2v) is 5.59. The van der Waals surface area contributed by atoms with Gasteiger partial charge in [0, 0.05) is 37.4 Å². The second-order valence-electron chi connectivity index (χ2n) is 5.59. The number of benzene rings is 1. The van der Waals surface area contributed by atoms with Crippen molar-refractivity contribution in [3.05, 3.63) is 40.8 Å². The maximum atomic E-state index is 12.3. The first kappa shape index (κ1) is 14.6. The van der Waals surface area contributed by atoms with E-state index in [4.69, 9.17) is 4.74 Å². The SMILES string of the molecule is CC1CN(C(=O)Nc2ccc3ccn(C)c(=O)c3c2)CCO1. The Morgan fingerprint density at radius 2 is 2.18 bits per heavy atom. The number of fused-ring (bicyclic) bond motifs is 1. The highest BCUT2D eigenvalue weighted by molar-refractivity contribution is 5.93. The number of nitrogens with zero attached hydrogens (tertiary/aromatic N) is 2. The van der Waals surface area contributed by atoms with Crippen molar-refractivity contribution in [2.24, 2.45) is 7.05 Å². The summed E-state index contributed by atoms with van der Waals surface area (Å²) in [5, 5.41) is 4.31. The summed E-state index contributed by atoms with van der Waals surface area (Å²) in [4.78, 5) is 26.1. The van der Waals surface area contributed by atoms with Gasteiger partial charge >= 0.3 is 6.03 Å². The molecule has 0 bridgehead atoms. The molecule has 1 aliphatic rings. The molecule has 1 N–H and O–H groups in total. The molecule has 3 rings (SSSR count). The van der Waals surface area contributed by atoms with Crippen molar-refractivity contribution in [2.75, 3.05) is 25.0 Å². The molecule has 6 nitrogen and oxygen atoms in total. The van der Waals surface area contributed by atoms with Gasteiger partial charge < -0.3 is 19.5 Å². The van der Waals surface area contributed by atoms with E-state index >= 15 is 0 Å². The van der Waals surface area contributed by atoms with E-state index in [-0.39, 0.29) is 17.7 Å². The fraction of sp³-hybridized carbons (Fsp3) is 0.375. The number of pyridine rings is 1. The fourth-order valence-corrected chi connectivity index (χ4v) is 2.62. The molecule has 22 heavy (non-hydrogen) atoms. The zero-order valence-electron chi connectivity index (χ0n) is 12.7. The molecule has 1 saturated heterocycles. The highest BCUT2D eigenvalue weighted by atomic mass is 16.5. The van der Waals surface area contributed by atoms with Crippen LogP contribution in [-0.4, -0.2) is 41.3 Å². The molecule has 1 aliphatic heterocycles. The summed E-state index contributed by atoms with van der Waals surface area (Å²) in [7, 11) is 1.71. The van der Waals surface area contributed by atoms with Gasteiger partial charge in [0.2, 0.25) is 0 Å². The number of carbonyl (C=O) groups excluding carboxylic acids is 1. The van der Waals surface area contributed by atoms with Crippen LogP contribution in [0.1, 0.15) is 6.92 Å². The molecule has 0 saturated carbocycles. The molecule has 116 valence electrons. The largest absolute Gasteiger partial charge is 0.375 e. The van der Waals surface area contributed by atoms with E-state index in [1.54, 1.807) is 24.2 Å². The van der Waals surface area contributed by atoms with E-state index in [2.05, 4.69) is 5.32 Å². The Kier molecular flexibility index (Phi) is 3.85. The van der Waals surface area contributed by atoms with E-state index in [1.807, 2.05) is 25.1 Å². The van der Waals surface area contributed by atoms with Crippen LogP contribution in [0.15, 0.2) is 35.3 Å². The maximum Gasteiger partial charge on any atom is 0.322 e. The number of hydrogen-bond acceptors (Lipinski definition) is 3. The standard InChI is InChI=1S/C16H19N3O3/c1-11-10-19(7-8-22-11)16(21)17-13-4-3-12-5-6-18(2)15(20)14(12)9-13/h3-6,9,11H,7-8,10H2,1-2H3,(H,17,21). The van der Waals surface area contributed by atoms with Crippen molar-refractivity contribution in [1.82, 2.24) is 9.47 Å². The summed E-state index contributed by atoms with van der Waals surface area (Å²) in [5.74, 6) is 0. The summed E-state index contributed by atoms with van der Waals surface area (Å²) in [6, 6.07) is 7.09. The number of amides is 2. The molecular formula is C16H19N3O3. The number of ether oxygens (including phenoxy) is 1. The number of aromatic nitrogens is 1. The molecule has 0 radical (unpaired) electrons. The van der Waals surface area contributed by atoms with Gasteiger partial charge in [0.25, 0.3) is 5.56 Å². The molecule has 1 unspecified atom stereocenters. The van der Waals surface area contributed by atoms with Gasteiger partial charge in [-0.2, -0.15) is 0 Å². The molecule has 6 heteroatoms. The maximum absolute atomic E-state index is 12.3. The van der Waals surface area contributed by atoms with E-state index in [1.165, 1.54) is 4.57 Å². The average molecular weight is 301 g/mol. The summed E-state index contributed by atoms with van der Waals surface area (Å²) < 4.78 is 6.95. The highest BCUT2D eigenvalue weighted by Gasteiger charge is 2.21. The minimum absolute atomic E-state index is 0.0448. The predicted octanol–water partition coefficient (Wildman–Crippen LogP) is 1.79. The first-order chi connectivity index (χ1) is 10.5. The van der Waals surface area contributed by atoms with E-state index in [0.29, 0.717) is 30.8 Å². The van der Waals surface area contributed by atoms with Gasteiger partial charge in [0.15, 0.2) is 0 Å². The Bertz CT molecular complexity index is 769. The number of aryl methyl sites for hydroxylation is 1. The van der Waals surface area contributed by atoms with Crippen molar-refractivity contribution < 1.29 is 9.53 Å². The van der Waals surface area contributed by atoms with E-state index in [0.717, 1.165) is 5.39 Å². The lowest BCUT2D eigenvalue weighted by Gasteiger charge is -2.31. The average Bonchev–Trinajstić information content (AvgIpc) is 2.51. The van der Waals surface area contributed by atoms with Crippen molar-refractivity contribution in [3.63, 3.8) is 0 Å². The van der Waals surface area contributed by atoms with Gasteiger partial charge in [-0.25, -0.2) is 4.79 Å². The molecule has 0 spiro atoms. The number of morpholine rings is 1. The highest BCUT2D eigenvalue weighted by Crippen LogP contribution is 2.17. The van der Waals surface area contributed by atoms with Crippen LogP contribution in [0.5, 0.6) is 0 Å². The summed E-state index contributed by atoms with van der Waals surface area (Å²) >= 11 is 0. The molecule has 1 aromatic carbocycles. The van der Waals surface area contributed by atoms with Crippen LogP contribution >= 0.6 is 0 Å². The minimum atomic E-state index is -0.165. The smallest absolute Gasteiger partial charge is 0.322 e. The molecule has 2 amide bonds. The first-order valence-corrected chi connectivity index (χ1v) is 7.31. The second kappa shape index (κ2) is 5.81. The third-order valence-electron chi connectivity index (χ3n) is 3.86. The summed E-state index contributed by atoms with van der Waals surface area (Å²) in [5.41, 5.74) is 0.550. The predicted molar refractivity (Wildman–Crippen MR) is 85.2 cm³/mol. The third-order valence-corrected chi connectivity index (χ3v) is 3.86. The Balaban J connectivity index is 1.83. The lowest BCUT2D eigenvalue weighted by molar-refractivity contribution is -0.00138. The Morgan fingerprint density at radius 3 is 2.95 bits per heavy atom. The van der Waals surface area contributed by atoms with Crippen molar-refractivity contribution in [3.8, 4) is 0 Å². The van der Waals surface area contributed by atoms with Gasteiger partial charge in [-0.3, -0.25) is 4.79 Å². The Hall–Kier alpha value is -2.34. The van der Waals surface area contributed by atoms with Crippen molar-refractivity contribution >= 4 is 22.5 Å². The molecule has 1 aromatic heterocycles. The molecule has 2 heterocycles. The van der Waals surface area contributed by atoms with Gasteiger partial charge in [0.1, 0.15) is 0 Å². The van der Waals surface area contributed by atoms with E-state index < -0.39 is 0 Å². The lowest BCUT2D eigenvalue weighted by Crippen LogP contribution is -2.46. The number of hydrogen-bond donors (Lipinski definition) is 1. The van der Waals surface area contributed by atoms with Crippen LogP contribution in [0.4, 0.5) is 10.5 Å². The lowest BCUT2D eigenvalue weighted by atomic mass is 10.1. The van der Waals surface area contributed by atoms with Crippen LogP contribution in [0.3, 0.4) is 0 Å². The minimum Gasteiger partial charge on any atom is -0.375 e.